The van der Waals surface area contributed by atoms with Crippen LogP contribution >= 0.6 is 0 Å². The van der Waals surface area contributed by atoms with Crippen LogP contribution < -0.4 is 5.32 Å². The van der Waals surface area contributed by atoms with Crippen LogP contribution in [0.1, 0.15) is 17.3 Å². The molecule has 3 aromatic heterocycles. The van der Waals surface area contributed by atoms with E-state index in [9.17, 15) is 4.79 Å². The van der Waals surface area contributed by atoms with E-state index in [1.54, 1.807) is 17.1 Å². The number of hydrogen-bond acceptors (Lipinski definition) is 5. The van der Waals surface area contributed by atoms with Gasteiger partial charge >= 0.3 is 0 Å². The fourth-order valence-corrected chi connectivity index (χ4v) is 3.50. The minimum atomic E-state index is -0.215. The second-order valence-electron chi connectivity index (χ2n) is 7.02. The van der Waals surface area contributed by atoms with Crippen molar-refractivity contribution < 1.29 is 9.21 Å². The molecule has 5 aromatic rings. The number of aromatic nitrogens is 4. The van der Waals surface area contributed by atoms with Crippen molar-refractivity contribution in [3.8, 4) is 22.6 Å². The standard InChI is InChI=1S/C24H19N5O2/c1-2-29-23-20(13-26-29)19(12-21(28-23)16-6-4-3-5-7-16)24(30)27-18-10-8-17(9-11-18)22-14-25-15-31-22/h3-15H,2H2,1H3,(H,27,30). The lowest BCUT2D eigenvalue weighted by Gasteiger charge is -2.10. The maximum atomic E-state index is 13.2. The molecular weight excluding hydrogens is 390 g/mol. The number of carbonyl (C=O) groups is 1. The van der Waals surface area contributed by atoms with Crippen molar-refractivity contribution in [3.05, 3.63) is 85.0 Å². The summed E-state index contributed by atoms with van der Waals surface area (Å²) in [5.41, 5.74) is 4.46. The minimum Gasteiger partial charge on any atom is -0.444 e. The third-order valence-corrected chi connectivity index (χ3v) is 5.08. The van der Waals surface area contributed by atoms with Crippen LogP contribution in [0, 0.1) is 0 Å². The molecule has 152 valence electrons. The number of anilines is 1. The number of carbonyl (C=O) groups excluding carboxylic acids is 1. The van der Waals surface area contributed by atoms with Gasteiger partial charge in [-0.15, -0.1) is 0 Å². The Labute approximate surface area is 178 Å². The summed E-state index contributed by atoms with van der Waals surface area (Å²) in [4.78, 5) is 21.9. The lowest BCUT2D eigenvalue weighted by molar-refractivity contribution is 0.102. The molecule has 7 heteroatoms. The maximum Gasteiger partial charge on any atom is 0.256 e. The molecule has 3 heterocycles. The molecule has 0 aliphatic carbocycles. The van der Waals surface area contributed by atoms with Crippen LogP contribution in [0.15, 0.2) is 83.9 Å². The molecular formula is C24H19N5O2. The first-order valence-corrected chi connectivity index (χ1v) is 9.95. The number of rotatable bonds is 5. The van der Waals surface area contributed by atoms with Gasteiger partial charge in [0.05, 0.1) is 29.0 Å². The van der Waals surface area contributed by atoms with Gasteiger partial charge in [0, 0.05) is 23.4 Å². The van der Waals surface area contributed by atoms with E-state index >= 15 is 0 Å². The third kappa shape index (κ3) is 3.57. The van der Waals surface area contributed by atoms with Gasteiger partial charge in [-0.1, -0.05) is 30.3 Å². The largest absolute Gasteiger partial charge is 0.444 e. The van der Waals surface area contributed by atoms with E-state index in [2.05, 4.69) is 15.4 Å². The number of fused-ring (bicyclic) bond motifs is 1. The molecule has 5 rings (SSSR count). The van der Waals surface area contributed by atoms with Crippen molar-refractivity contribution in [2.75, 3.05) is 5.32 Å². The molecule has 1 amide bonds. The van der Waals surface area contributed by atoms with Gasteiger partial charge in [-0.25, -0.2) is 14.6 Å². The number of aryl methyl sites for hydroxylation is 1. The molecule has 0 bridgehead atoms. The van der Waals surface area contributed by atoms with Crippen molar-refractivity contribution in [2.24, 2.45) is 0 Å². The smallest absolute Gasteiger partial charge is 0.256 e. The second-order valence-corrected chi connectivity index (χ2v) is 7.02. The summed E-state index contributed by atoms with van der Waals surface area (Å²) in [6.07, 6.45) is 4.74. The van der Waals surface area contributed by atoms with Gasteiger partial charge < -0.3 is 9.73 Å². The highest BCUT2D eigenvalue weighted by molar-refractivity contribution is 6.12. The maximum absolute atomic E-state index is 13.2. The van der Waals surface area contributed by atoms with E-state index in [0.29, 0.717) is 29.2 Å². The number of nitrogens with zero attached hydrogens (tertiary/aromatic N) is 4. The van der Waals surface area contributed by atoms with Crippen molar-refractivity contribution in [3.63, 3.8) is 0 Å². The molecule has 0 saturated heterocycles. The van der Waals surface area contributed by atoms with Crippen molar-refractivity contribution in [1.82, 2.24) is 19.7 Å². The molecule has 1 N–H and O–H groups in total. The number of amides is 1. The van der Waals surface area contributed by atoms with Gasteiger partial charge in [0.2, 0.25) is 0 Å². The quantitative estimate of drug-likeness (QED) is 0.440. The van der Waals surface area contributed by atoms with Crippen LogP contribution in [0.4, 0.5) is 5.69 Å². The normalized spacial score (nSPS) is 11.0. The summed E-state index contributed by atoms with van der Waals surface area (Å²) in [5.74, 6) is 0.459. The van der Waals surface area contributed by atoms with Crippen LogP contribution in [0.3, 0.4) is 0 Å². The van der Waals surface area contributed by atoms with Crippen LogP contribution in [0.25, 0.3) is 33.6 Å². The van der Waals surface area contributed by atoms with E-state index in [1.807, 2.05) is 67.6 Å². The van der Waals surface area contributed by atoms with Gasteiger partial charge in [-0.3, -0.25) is 4.79 Å². The molecule has 0 aliphatic rings. The van der Waals surface area contributed by atoms with E-state index in [-0.39, 0.29) is 5.91 Å². The summed E-state index contributed by atoms with van der Waals surface area (Å²) >= 11 is 0. The zero-order chi connectivity index (χ0) is 21.2. The SMILES string of the molecule is CCn1ncc2c(C(=O)Nc3ccc(-c4cnco4)cc3)cc(-c3ccccc3)nc21. The first kappa shape index (κ1) is 18.7. The molecule has 0 saturated carbocycles. The average Bonchev–Trinajstić information content (AvgIpc) is 3.49. The van der Waals surface area contributed by atoms with E-state index in [0.717, 1.165) is 22.2 Å². The van der Waals surface area contributed by atoms with Gasteiger partial charge in [0.25, 0.3) is 5.91 Å². The number of pyridine rings is 1. The van der Waals surface area contributed by atoms with Gasteiger partial charge in [-0.05, 0) is 37.3 Å². The second kappa shape index (κ2) is 7.87. The first-order valence-electron chi connectivity index (χ1n) is 9.95. The monoisotopic (exact) mass is 409 g/mol. The molecule has 0 unspecified atom stereocenters. The summed E-state index contributed by atoms with van der Waals surface area (Å²) in [7, 11) is 0. The van der Waals surface area contributed by atoms with Crippen LogP contribution in [-0.2, 0) is 6.54 Å². The predicted molar refractivity (Wildman–Crippen MR) is 119 cm³/mol. The Bertz CT molecular complexity index is 1340. The lowest BCUT2D eigenvalue weighted by atomic mass is 10.1. The fraction of sp³-hybridized carbons (Fsp3) is 0.0833. The topological polar surface area (TPSA) is 85.8 Å². The van der Waals surface area contributed by atoms with Gasteiger partial charge in [0.15, 0.2) is 17.8 Å². The molecule has 2 aromatic carbocycles. The highest BCUT2D eigenvalue weighted by Crippen LogP contribution is 2.26. The zero-order valence-corrected chi connectivity index (χ0v) is 16.8. The van der Waals surface area contributed by atoms with Crippen LogP contribution in [-0.4, -0.2) is 25.7 Å². The zero-order valence-electron chi connectivity index (χ0n) is 16.8. The first-order chi connectivity index (χ1) is 15.2. The molecule has 0 spiro atoms. The summed E-state index contributed by atoms with van der Waals surface area (Å²) in [6, 6.07) is 19.1. The van der Waals surface area contributed by atoms with Crippen molar-refractivity contribution in [2.45, 2.75) is 13.5 Å². The van der Waals surface area contributed by atoms with Crippen LogP contribution in [0.5, 0.6) is 0 Å². The molecule has 7 nitrogen and oxygen atoms in total. The summed E-state index contributed by atoms with van der Waals surface area (Å²) in [6.45, 7) is 2.66. The highest BCUT2D eigenvalue weighted by atomic mass is 16.3. The van der Waals surface area contributed by atoms with Gasteiger partial charge in [0.1, 0.15) is 0 Å². The highest BCUT2D eigenvalue weighted by Gasteiger charge is 2.17. The number of hydrogen-bond donors (Lipinski definition) is 1. The molecule has 0 aliphatic heterocycles. The van der Waals surface area contributed by atoms with Crippen molar-refractivity contribution >= 4 is 22.6 Å². The molecule has 0 atom stereocenters. The van der Waals surface area contributed by atoms with E-state index < -0.39 is 0 Å². The molecule has 31 heavy (non-hydrogen) atoms. The Morgan fingerprint density at radius 3 is 2.55 bits per heavy atom. The van der Waals surface area contributed by atoms with Crippen molar-refractivity contribution in [1.29, 1.82) is 0 Å². The predicted octanol–water partition coefficient (Wildman–Crippen LogP) is 5.03. The Morgan fingerprint density at radius 2 is 1.84 bits per heavy atom. The summed E-state index contributed by atoms with van der Waals surface area (Å²) < 4.78 is 7.11. The number of nitrogens with one attached hydrogen (secondary N) is 1. The fourth-order valence-electron chi connectivity index (χ4n) is 3.50. The number of oxazole rings is 1. The van der Waals surface area contributed by atoms with E-state index in [1.165, 1.54) is 6.39 Å². The average molecular weight is 409 g/mol. The third-order valence-electron chi connectivity index (χ3n) is 5.08. The Balaban J connectivity index is 1.51. The van der Waals surface area contributed by atoms with Gasteiger partial charge in [-0.2, -0.15) is 5.10 Å². The number of benzene rings is 2. The Kier molecular flexibility index (Phi) is 4.76. The Morgan fingerprint density at radius 1 is 1.03 bits per heavy atom. The van der Waals surface area contributed by atoms with E-state index in [4.69, 9.17) is 9.40 Å². The molecule has 0 radical (unpaired) electrons. The Hall–Kier alpha value is -4.26. The molecule has 0 fully saturated rings. The summed E-state index contributed by atoms with van der Waals surface area (Å²) in [5, 5.41) is 8.10. The van der Waals surface area contributed by atoms with Crippen LogP contribution in [0.2, 0.25) is 0 Å². The minimum absolute atomic E-state index is 0.215. The lowest BCUT2D eigenvalue weighted by Crippen LogP contribution is -2.13.